The Balaban J connectivity index is 2.07. The average molecular weight is 335 g/mol. The summed E-state index contributed by atoms with van der Waals surface area (Å²) in [6.07, 6.45) is 1.46. The molecule has 120 valence electrons. The maximum absolute atomic E-state index is 13.8. The van der Waals surface area contributed by atoms with Crippen molar-refractivity contribution < 1.29 is 22.7 Å². The van der Waals surface area contributed by atoms with E-state index in [-0.39, 0.29) is 4.90 Å². The molecular weight excluding hydrogens is 321 g/mol. The number of hydrogen-bond donors (Lipinski definition) is 1. The number of para-hydroxylation sites is 1. The Morgan fingerprint density at radius 2 is 1.91 bits per heavy atom. The molecule has 1 heterocycles. The van der Waals surface area contributed by atoms with Crippen LogP contribution in [0.3, 0.4) is 0 Å². The van der Waals surface area contributed by atoms with E-state index in [4.69, 9.17) is 5.11 Å². The van der Waals surface area contributed by atoms with Gasteiger partial charge in [-0.1, -0.05) is 18.2 Å². The molecule has 2 aromatic rings. The first-order valence-corrected chi connectivity index (χ1v) is 8.49. The van der Waals surface area contributed by atoms with Gasteiger partial charge in [0.1, 0.15) is 5.82 Å². The fourth-order valence-corrected chi connectivity index (χ4v) is 4.26. The van der Waals surface area contributed by atoms with E-state index in [0.717, 1.165) is 30.2 Å². The molecule has 23 heavy (non-hydrogen) atoms. The molecule has 0 aliphatic carbocycles. The van der Waals surface area contributed by atoms with Crippen LogP contribution in [-0.2, 0) is 16.4 Å². The molecule has 1 aliphatic heterocycles. The Morgan fingerprint density at radius 1 is 1.17 bits per heavy atom. The van der Waals surface area contributed by atoms with Crippen LogP contribution in [0, 0.1) is 5.82 Å². The van der Waals surface area contributed by atoms with Gasteiger partial charge in [-0.05, 0) is 42.7 Å². The number of fused-ring (bicyclic) bond motifs is 1. The first-order chi connectivity index (χ1) is 10.9. The summed E-state index contributed by atoms with van der Waals surface area (Å²) in [7, 11) is -3.94. The summed E-state index contributed by atoms with van der Waals surface area (Å²) >= 11 is 0. The van der Waals surface area contributed by atoms with Crippen molar-refractivity contribution in [2.24, 2.45) is 0 Å². The zero-order chi connectivity index (χ0) is 16.6. The molecule has 0 fully saturated rings. The molecular formula is C16H14FNO4S. The van der Waals surface area contributed by atoms with Gasteiger partial charge in [0.05, 0.1) is 16.1 Å². The number of aryl methyl sites for hydroxylation is 1. The van der Waals surface area contributed by atoms with Crippen LogP contribution in [0.25, 0.3) is 0 Å². The number of anilines is 1. The number of sulfonamides is 1. The molecule has 0 saturated carbocycles. The van der Waals surface area contributed by atoms with Crippen LogP contribution >= 0.6 is 0 Å². The third kappa shape index (κ3) is 2.68. The van der Waals surface area contributed by atoms with Gasteiger partial charge in [-0.25, -0.2) is 17.6 Å². The summed E-state index contributed by atoms with van der Waals surface area (Å²) in [5.41, 5.74) is 0.953. The van der Waals surface area contributed by atoms with Crippen LogP contribution in [0.4, 0.5) is 10.1 Å². The van der Waals surface area contributed by atoms with Crippen molar-refractivity contribution in [3.63, 3.8) is 0 Å². The molecule has 0 unspecified atom stereocenters. The highest BCUT2D eigenvalue weighted by Crippen LogP contribution is 2.32. The van der Waals surface area contributed by atoms with E-state index in [9.17, 15) is 17.6 Å². The largest absolute Gasteiger partial charge is 0.478 e. The number of carbonyl (C=O) groups is 1. The standard InChI is InChI=1S/C16H14FNO4S/c17-14-10-12(7-8-13(14)16(19)20)23(21,22)18-9-3-5-11-4-1-2-6-15(11)18/h1-2,4,6-8,10H,3,5,9H2,(H,19,20). The minimum Gasteiger partial charge on any atom is -0.478 e. The van der Waals surface area contributed by atoms with Gasteiger partial charge in [0.25, 0.3) is 10.0 Å². The molecule has 0 amide bonds. The average Bonchev–Trinajstić information content (AvgIpc) is 2.53. The smallest absolute Gasteiger partial charge is 0.338 e. The van der Waals surface area contributed by atoms with Crippen molar-refractivity contribution in [1.29, 1.82) is 0 Å². The van der Waals surface area contributed by atoms with Crippen molar-refractivity contribution in [2.45, 2.75) is 17.7 Å². The Morgan fingerprint density at radius 3 is 2.61 bits per heavy atom. The van der Waals surface area contributed by atoms with Gasteiger partial charge in [-0.2, -0.15) is 0 Å². The van der Waals surface area contributed by atoms with Crippen LogP contribution in [0.1, 0.15) is 22.3 Å². The predicted octanol–water partition coefficient (Wildman–Crippen LogP) is 2.67. The van der Waals surface area contributed by atoms with Gasteiger partial charge >= 0.3 is 5.97 Å². The summed E-state index contributed by atoms with van der Waals surface area (Å²) in [5.74, 6) is -2.50. The maximum Gasteiger partial charge on any atom is 0.338 e. The Bertz CT molecular complexity index is 879. The molecule has 1 N–H and O–H groups in total. The van der Waals surface area contributed by atoms with Gasteiger partial charge in [0.15, 0.2) is 0 Å². The van der Waals surface area contributed by atoms with Gasteiger partial charge in [0.2, 0.25) is 0 Å². The lowest BCUT2D eigenvalue weighted by atomic mass is 10.0. The first-order valence-electron chi connectivity index (χ1n) is 7.05. The second kappa shape index (κ2) is 5.66. The maximum atomic E-state index is 13.8. The second-order valence-corrected chi connectivity index (χ2v) is 7.12. The number of carboxylic acids is 1. The zero-order valence-electron chi connectivity index (χ0n) is 12.1. The van der Waals surface area contributed by atoms with Crippen molar-refractivity contribution in [3.05, 3.63) is 59.4 Å². The number of hydrogen-bond acceptors (Lipinski definition) is 3. The fourth-order valence-electron chi connectivity index (χ4n) is 2.71. The lowest BCUT2D eigenvalue weighted by Gasteiger charge is -2.30. The molecule has 0 saturated heterocycles. The highest BCUT2D eigenvalue weighted by Gasteiger charge is 2.29. The topological polar surface area (TPSA) is 74.7 Å². The lowest BCUT2D eigenvalue weighted by molar-refractivity contribution is 0.0691. The minimum absolute atomic E-state index is 0.253. The van der Waals surface area contributed by atoms with Crippen molar-refractivity contribution in [2.75, 3.05) is 10.8 Å². The van der Waals surface area contributed by atoms with Crippen molar-refractivity contribution in [1.82, 2.24) is 0 Å². The van der Waals surface area contributed by atoms with Crippen LogP contribution in [-0.4, -0.2) is 26.0 Å². The van der Waals surface area contributed by atoms with Crippen LogP contribution in [0.2, 0.25) is 0 Å². The predicted molar refractivity (Wildman–Crippen MR) is 82.7 cm³/mol. The number of rotatable bonds is 3. The summed E-state index contributed by atoms with van der Waals surface area (Å²) in [6.45, 7) is 0.307. The lowest BCUT2D eigenvalue weighted by Crippen LogP contribution is -2.35. The van der Waals surface area contributed by atoms with Gasteiger partial charge in [0, 0.05) is 6.54 Å². The molecule has 3 rings (SSSR count). The van der Waals surface area contributed by atoms with Crippen LogP contribution in [0.5, 0.6) is 0 Å². The van der Waals surface area contributed by atoms with E-state index in [1.54, 1.807) is 12.1 Å². The quantitative estimate of drug-likeness (QED) is 0.936. The van der Waals surface area contributed by atoms with E-state index < -0.39 is 27.4 Å². The van der Waals surface area contributed by atoms with E-state index in [1.807, 2.05) is 12.1 Å². The molecule has 0 atom stereocenters. The van der Waals surface area contributed by atoms with Crippen LogP contribution in [0.15, 0.2) is 47.4 Å². The number of aromatic carboxylic acids is 1. The molecule has 0 radical (unpaired) electrons. The third-order valence-electron chi connectivity index (χ3n) is 3.83. The van der Waals surface area contributed by atoms with E-state index in [2.05, 4.69) is 0 Å². The number of benzene rings is 2. The van der Waals surface area contributed by atoms with Gasteiger partial charge < -0.3 is 5.11 Å². The second-order valence-electron chi connectivity index (χ2n) is 5.26. The zero-order valence-corrected chi connectivity index (χ0v) is 12.9. The third-order valence-corrected chi connectivity index (χ3v) is 5.64. The molecule has 1 aliphatic rings. The Hall–Kier alpha value is -2.41. The summed E-state index contributed by atoms with van der Waals surface area (Å²) < 4.78 is 40.7. The molecule has 0 aromatic heterocycles. The fraction of sp³-hybridized carbons (Fsp3) is 0.188. The SMILES string of the molecule is O=C(O)c1ccc(S(=O)(=O)N2CCCc3ccccc32)cc1F. The number of carboxylic acid groups (broad SMARTS) is 1. The highest BCUT2D eigenvalue weighted by molar-refractivity contribution is 7.92. The molecule has 5 nitrogen and oxygen atoms in total. The van der Waals surface area contributed by atoms with Crippen molar-refractivity contribution in [3.8, 4) is 0 Å². The number of nitrogens with zero attached hydrogens (tertiary/aromatic N) is 1. The van der Waals surface area contributed by atoms with Gasteiger partial charge in [-0.15, -0.1) is 0 Å². The number of halogens is 1. The molecule has 0 bridgehead atoms. The summed E-state index contributed by atoms with van der Waals surface area (Å²) in [5, 5.41) is 8.84. The monoisotopic (exact) mass is 335 g/mol. The Kier molecular flexibility index (Phi) is 3.81. The molecule has 7 heteroatoms. The Labute approximate surface area is 133 Å². The summed E-state index contributed by atoms with van der Waals surface area (Å²) in [6, 6.07) is 10.0. The normalized spacial score (nSPS) is 14.4. The van der Waals surface area contributed by atoms with E-state index >= 15 is 0 Å². The van der Waals surface area contributed by atoms with E-state index in [1.165, 1.54) is 4.31 Å². The highest BCUT2D eigenvalue weighted by atomic mass is 32.2. The molecule has 0 spiro atoms. The first kappa shape index (κ1) is 15.5. The summed E-state index contributed by atoms with van der Waals surface area (Å²) in [4.78, 5) is 10.6. The minimum atomic E-state index is -3.94. The van der Waals surface area contributed by atoms with Crippen LogP contribution < -0.4 is 4.31 Å². The molecule has 2 aromatic carbocycles. The van der Waals surface area contributed by atoms with E-state index in [0.29, 0.717) is 18.7 Å². The van der Waals surface area contributed by atoms with Crippen molar-refractivity contribution >= 4 is 21.7 Å². The van der Waals surface area contributed by atoms with Gasteiger partial charge in [-0.3, -0.25) is 4.31 Å².